The fraction of sp³-hybridized carbons (Fsp3) is 0.350. The number of rotatable bonds is 5. The summed E-state index contributed by atoms with van der Waals surface area (Å²) in [5.74, 6) is -0.141. The Labute approximate surface area is 160 Å². The van der Waals surface area contributed by atoms with Crippen LogP contribution in [0.2, 0.25) is 0 Å². The second-order valence-corrected chi connectivity index (χ2v) is 8.60. The van der Waals surface area contributed by atoms with Gasteiger partial charge in [0.2, 0.25) is 10.0 Å². The zero-order valence-electron chi connectivity index (χ0n) is 15.6. The third-order valence-corrected chi connectivity index (χ3v) is 6.52. The molecule has 0 spiro atoms. The predicted molar refractivity (Wildman–Crippen MR) is 103 cm³/mol. The van der Waals surface area contributed by atoms with Crippen LogP contribution in [0.4, 0.5) is 0 Å². The van der Waals surface area contributed by atoms with Gasteiger partial charge in [-0.2, -0.15) is 4.31 Å². The summed E-state index contributed by atoms with van der Waals surface area (Å²) < 4.78 is 31.9. The van der Waals surface area contributed by atoms with Crippen LogP contribution in [0.15, 0.2) is 47.4 Å². The van der Waals surface area contributed by atoms with Crippen molar-refractivity contribution in [3.63, 3.8) is 0 Å². The smallest absolute Gasteiger partial charge is 0.251 e. The number of aryl methyl sites for hydroxylation is 2. The number of hydrogen-bond donors (Lipinski definition) is 1. The molecule has 1 aliphatic heterocycles. The van der Waals surface area contributed by atoms with E-state index in [1.165, 1.54) is 4.31 Å². The third-order valence-electron chi connectivity index (χ3n) is 4.61. The summed E-state index contributed by atoms with van der Waals surface area (Å²) in [5.41, 5.74) is 3.53. The van der Waals surface area contributed by atoms with E-state index in [1.807, 2.05) is 32.0 Å². The number of sulfonamides is 1. The lowest BCUT2D eigenvalue weighted by Gasteiger charge is -2.26. The fourth-order valence-corrected chi connectivity index (χ4v) is 4.47. The first kappa shape index (κ1) is 19.5. The van der Waals surface area contributed by atoms with Crippen molar-refractivity contribution in [3.05, 3.63) is 64.7 Å². The molecule has 0 saturated carbocycles. The summed E-state index contributed by atoms with van der Waals surface area (Å²) in [4.78, 5) is 12.6. The second kappa shape index (κ2) is 8.21. The number of carbonyl (C=O) groups excluding carboxylic acids is 1. The maximum Gasteiger partial charge on any atom is 0.251 e. The first-order valence-electron chi connectivity index (χ1n) is 8.90. The topological polar surface area (TPSA) is 75.7 Å². The highest BCUT2D eigenvalue weighted by Gasteiger charge is 2.26. The SMILES string of the molecule is Cc1ccc(C(=O)NCc2ccc(S(=O)(=O)N3CCOCC3)cc2)c(C)c1. The Morgan fingerprint density at radius 1 is 1.07 bits per heavy atom. The molecule has 0 radical (unpaired) electrons. The van der Waals surface area contributed by atoms with Gasteiger partial charge >= 0.3 is 0 Å². The van der Waals surface area contributed by atoms with Gasteiger partial charge < -0.3 is 10.1 Å². The minimum atomic E-state index is -3.50. The Balaban J connectivity index is 1.64. The van der Waals surface area contributed by atoms with Crippen LogP contribution in [-0.2, 0) is 21.3 Å². The maximum absolute atomic E-state index is 12.6. The molecule has 1 amide bonds. The molecule has 0 bridgehead atoms. The number of nitrogens with zero attached hydrogens (tertiary/aromatic N) is 1. The van der Waals surface area contributed by atoms with Crippen LogP contribution in [0.5, 0.6) is 0 Å². The van der Waals surface area contributed by atoms with Gasteiger partial charge in [-0.05, 0) is 43.2 Å². The van der Waals surface area contributed by atoms with E-state index in [1.54, 1.807) is 24.3 Å². The van der Waals surface area contributed by atoms with Crippen LogP contribution in [-0.4, -0.2) is 44.9 Å². The third kappa shape index (κ3) is 4.55. The van der Waals surface area contributed by atoms with Gasteiger partial charge in [0, 0.05) is 25.2 Å². The quantitative estimate of drug-likeness (QED) is 0.852. The molecule has 0 aliphatic carbocycles. The normalized spacial score (nSPS) is 15.5. The summed E-state index contributed by atoms with van der Waals surface area (Å²) >= 11 is 0. The van der Waals surface area contributed by atoms with Gasteiger partial charge in [0.15, 0.2) is 0 Å². The van der Waals surface area contributed by atoms with Crippen LogP contribution in [0, 0.1) is 13.8 Å². The summed E-state index contributed by atoms with van der Waals surface area (Å²) in [5, 5.41) is 2.88. The Morgan fingerprint density at radius 2 is 1.74 bits per heavy atom. The Morgan fingerprint density at radius 3 is 2.37 bits per heavy atom. The van der Waals surface area contributed by atoms with Crippen LogP contribution < -0.4 is 5.32 Å². The lowest BCUT2D eigenvalue weighted by molar-refractivity contribution is 0.0730. The molecule has 27 heavy (non-hydrogen) atoms. The van der Waals surface area contributed by atoms with Crippen molar-refractivity contribution in [2.75, 3.05) is 26.3 Å². The lowest BCUT2D eigenvalue weighted by Crippen LogP contribution is -2.40. The summed E-state index contributed by atoms with van der Waals surface area (Å²) in [6.45, 7) is 5.81. The first-order chi connectivity index (χ1) is 12.9. The van der Waals surface area contributed by atoms with Crippen LogP contribution in [0.25, 0.3) is 0 Å². The fourth-order valence-electron chi connectivity index (χ4n) is 3.06. The maximum atomic E-state index is 12.6. The van der Waals surface area contributed by atoms with E-state index >= 15 is 0 Å². The molecule has 1 heterocycles. The molecule has 144 valence electrons. The summed E-state index contributed by atoms with van der Waals surface area (Å²) in [6, 6.07) is 12.3. The monoisotopic (exact) mass is 388 g/mol. The highest BCUT2D eigenvalue weighted by atomic mass is 32.2. The van der Waals surface area contributed by atoms with Crippen molar-refractivity contribution in [1.29, 1.82) is 0 Å². The van der Waals surface area contributed by atoms with Gasteiger partial charge in [-0.1, -0.05) is 29.8 Å². The molecule has 1 fully saturated rings. The van der Waals surface area contributed by atoms with Crippen molar-refractivity contribution in [3.8, 4) is 0 Å². The average molecular weight is 388 g/mol. The summed E-state index contributed by atoms with van der Waals surface area (Å²) in [6.07, 6.45) is 0. The van der Waals surface area contributed by atoms with Gasteiger partial charge in [0.1, 0.15) is 0 Å². The molecule has 2 aromatic rings. The van der Waals surface area contributed by atoms with E-state index in [4.69, 9.17) is 4.74 Å². The minimum Gasteiger partial charge on any atom is -0.379 e. The van der Waals surface area contributed by atoms with E-state index in [0.717, 1.165) is 16.7 Å². The number of morpholine rings is 1. The second-order valence-electron chi connectivity index (χ2n) is 6.66. The zero-order valence-corrected chi connectivity index (χ0v) is 16.4. The van der Waals surface area contributed by atoms with Crippen molar-refractivity contribution < 1.29 is 17.9 Å². The van der Waals surface area contributed by atoms with Crippen LogP contribution in [0.1, 0.15) is 27.0 Å². The minimum absolute atomic E-state index is 0.141. The van der Waals surface area contributed by atoms with E-state index in [2.05, 4.69) is 5.32 Å². The van der Waals surface area contributed by atoms with Crippen molar-refractivity contribution in [1.82, 2.24) is 9.62 Å². The van der Waals surface area contributed by atoms with Crippen LogP contribution >= 0.6 is 0 Å². The molecule has 1 N–H and O–H groups in total. The highest BCUT2D eigenvalue weighted by Crippen LogP contribution is 2.18. The van der Waals surface area contributed by atoms with E-state index in [-0.39, 0.29) is 10.8 Å². The van der Waals surface area contributed by atoms with Gasteiger partial charge in [0.05, 0.1) is 18.1 Å². The van der Waals surface area contributed by atoms with Gasteiger partial charge in [-0.25, -0.2) is 8.42 Å². The predicted octanol–water partition coefficient (Wildman–Crippen LogP) is 2.25. The van der Waals surface area contributed by atoms with Crippen molar-refractivity contribution in [2.24, 2.45) is 0 Å². The number of hydrogen-bond acceptors (Lipinski definition) is 4. The largest absolute Gasteiger partial charge is 0.379 e. The molecule has 0 aromatic heterocycles. The Kier molecular flexibility index (Phi) is 5.94. The number of nitrogens with one attached hydrogen (secondary N) is 1. The molecule has 1 aliphatic rings. The number of ether oxygens (including phenoxy) is 1. The van der Waals surface area contributed by atoms with E-state index in [0.29, 0.717) is 38.4 Å². The average Bonchev–Trinajstić information content (AvgIpc) is 2.67. The van der Waals surface area contributed by atoms with Gasteiger partial charge in [-0.3, -0.25) is 4.79 Å². The molecule has 0 atom stereocenters. The zero-order chi connectivity index (χ0) is 19.4. The molecule has 2 aromatic carbocycles. The van der Waals surface area contributed by atoms with Gasteiger partial charge in [0.25, 0.3) is 5.91 Å². The Hall–Kier alpha value is -2.22. The summed E-state index contributed by atoms with van der Waals surface area (Å²) in [7, 11) is -3.50. The molecule has 6 nitrogen and oxygen atoms in total. The molecule has 1 saturated heterocycles. The molecule has 7 heteroatoms. The van der Waals surface area contributed by atoms with Gasteiger partial charge in [-0.15, -0.1) is 0 Å². The van der Waals surface area contributed by atoms with Crippen LogP contribution in [0.3, 0.4) is 0 Å². The lowest BCUT2D eigenvalue weighted by atomic mass is 10.1. The molecule has 0 unspecified atom stereocenters. The number of benzene rings is 2. The number of amides is 1. The van der Waals surface area contributed by atoms with E-state index in [9.17, 15) is 13.2 Å². The first-order valence-corrected chi connectivity index (χ1v) is 10.3. The molecule has 3 rings (SSSR count). The molecular weight excluding hydrogens is 364 g/mol. The van der Waals surface area contributed by atoms with Crippen molar-refractivity contribution >= 4 is 15.9 Å². The molecular formula is C20H24N2O4S. The van der Waals surface area contributed by atoms with E-state index < -0.39 is 10.0 Å². The highest BCUT2D eigenvalue weighted by molar-refractivity contribution is 7.89. The Bertz CT molecular complexity index is 917. The standard InChI is InChI=1S/C20H24N2O4S/c1-15-3-8-19(16(2)13-15)20(23)21-14-17-4-6-18(7-5-17)27(24,25)22-9-11-26-12-10-22/h3-8,13H,9-12,14H2,1-2H3,(H,21,23). The number of carbonyl (C=O) groups is 1. The van der Waals surface area contributed by atoms with Crippen molar-refractivity contribution in [2.45, 2.75) is 25.3 Å².